The van der Waals surface area contributed by atoms with Crippen LogP contribution < -0.4 is 5.32 Å². The Bertz CT molecular complexity index is 649. The lowest BCUT2D eigenvalue weighted by Gasteiger charge is -2.16. The van der Waals surface area contributed by atoms with Crippen LogP contribution >= 0.6 is 15.9 Å². The minimum absolute atomic E-state index is 0.0364. The van der Waals surface area contributed by atoms with Crippen LogP contribution in [-0.2, 0) is 4.74 Å². The average Bonchev–Trinajstić information content (AvgIpc) is 2.91. The van der Waals surface area contributed by atoms with Gasteiger partial charge in [0.1, 0.15) is 17.4 Å². The fourth-order valence-electron chi connectivity index (χ4n) is 1.98. The summed E-state index contributed by atoms with van der Waals surface area (Å²) >= 11 is 3.02. The molecule has 1 unspecified atom stereocenters. The molecule has 1 atom stereocenters. The Hall–Kier alpha value is -1.73. The van der Waals surface area contributed by atoms with Crippen molar-refractivity contribution in [2.24, 2.45) is 0 Å². The van der Waals surface area contributed by atoms with Crippen LogP contribution in [0.3, 0.4) is 0 Å². The van der Waals surface area contributed by atoms with E-state index in [1.807, 2.05) is 0 Å². The molecule has 0 amide bonds. The molecule has 1 heterocycles. The van der Waals surface area contributed by atoms with Crippen molar-refractivity contribution in [3.63, 3.8) is 0 Å². The van der Waals surface area contributed by atoms with Gasteiger partial charge in [0.15, 0.2) is 0 Å². The molecule has 4 nitrogen and oxygen atoms in total. The summed E-state index contributed by atoms with van der Waals surface area (Å²) < 4.78 is 38.2. The summed E-state index contributed by atoms with van der Waals surface area (Å²) in [6.07, 6.45) is 0. The first-order valence-corrected chi connectivity index (χ1v) is 6.77. The Labute approximate surface area is 128 Å². The standard InChI is InChI=1S/C14H12BrF2NO3/c1-18-13(10-3-4-11(21-10)14(19)20-2)12-8(16)5-7(15)6-9(12)17/h3-6,13,18H,1-2H3. The number of halogens is 3. The van der Waals surface area contributed by atoms with Crippen molar-refractivity contribution in [2.45, 2.75) is 6.04 Å². The summed E-state index contributed by atoms with van der Waals surface area (Å²) in [5.41, 5.74) is -0.188. The normalized spacial score (nSPS) is 12.2. The third-order valence-electron chi connectivity index (χ3n) is 2.92. The molecule has 112 valence electrons. The molecule has 1 aromatic heterocycles. The zero-order chi connectivity index (χ0) is 15.6. The van der Waals surface area contributed by atoms with Gasteiger partial charge in [-0.3, -0.25) is 0 Å². The zero-order valence-electron chi connectivity index (χ0n) is 11.2. The van der Waals surface area contributed by atoms with E-state index in [1.165, 1.54) is 26.3 Å². The molecule has 0 aliphatic heterocycles. The fourth-order valence-corrected chi connectivity index (χ4v) is 2.38. The van der Waals surface area contributed by atoms with E-state index >= 15 is 0 Å². The monoisotopic (exact) mass is 359 g/mol. The number of carbonyl (C=O) groups is 1. The summed E-state index contributed by atoms with van der Waals surface area (Å²) in [6, 6.07) is 4.31. The Balaban J connectivity index is 2.45. The van der Waals surface area contributed by atoms with Gasteiger partial charge in [0, 0.05) is 10.0 Å². The number of furan rings is 1. The van der Waals surface area contributed by atoms with Crippen molar-refractivity contribution in [3.8, 4) is 0 Å². The molecule has 1 aromatic carbocycles. The number of esters is 1. The van der Waals surface area contributed by atoms with E-state index in [-0.39, 0.29) is 17.1 Å². The number of hydrogen-bond acceptors (Lipinski definition) is 4. The minimum Gasteiger partial charge on any atom is -0.463 e. The number of carbonyl (C=O) groups excluding carboxylic acids is 1. The van der Waals surface area contributed by atoms with Crippen LogP contribution in [0, 0.1) is 11.6 Å². The van der Waals surface area contributed by atoms with Gasteiger partial charge in [0.05, 0.1) is 13.2 Å². The first kappa shape index (κ1) is 15.7. The predicted octanol–water partition coefficient (Wildman–Crippen LogP) is 3.42. The van der Waals surface area contributed by atoms with E-state index < -0.39 is 23.6 Å². The van der Waals surface area contributed by atoms with Crippen molar-refractivity contribution < 1.29 is 22.7 Å². The smallest absolute Gasteiger partial charge is 0.373 e. The molecule has 0 aliphatic rings. The van der Waals surface area contributed by atoms with Crippen LogP contribution in [0.4, 0.5) is 8.78 Å². The van der Waals surface area contributed by atoms with Gasteiger partial charge in [-0.1, -0.05) is 15.9 Å². The van der Waals surface area contributed by atoms with Crippen molar-refractivity contribution in [3.05, 3.63) is 57.5 Å². The van der Waals surface area contributed by atoms with Crippen molar-refractivity contribution in [2.75, 3.05) is 14.2 Å². The molecule has 0 aliphatic carbocycles. The van der Waals surface area contributed by atoms with Gasteiger partial charge in [-0.25, -0.2) is 13.6 Å². The SMILES string of the molecule is CNC(c1ccc(C(=O)OC)o1)c1c(F)cc(Br)cc1F. The van der Waals surface area contributed by atoms with E-state index in [2.05, 4.69) is 26.0 Å². The molecule has 0 fully saturated rings. The van der Waals surface area contributed by atoms with Crippen molar-refractivity contribution >= 4 is 21.9 Å². The highest BCUT2D eigenvalue weighted by Crippen LogP contribution is 2.30. The van der Waals surface area contributed by atoms with E-state index in [0.29, 0.717) is 4.47 Å². The van der Waals surface area contributed by atoms with Gasteiger partial charge in [-0.05, 0) is 31.3 Å². The maximum absolute atomic E-state index is 14.0. The zero-order valence-corrected chi connectivity index (χ0v) is 12.8. The maximum Gasteiger partial charge on any atom is 0.373 e. The molecule has 0 radical (unpaired) electrons. The summed E-state index contributed by atoms with van der Waals surface area (Å²) in [5, 5.41) is 2.76. The Morgan fingerprint density at radius 3 is 2.48 bits per heavy atom. The second-order valence-electron chi connectivity index (χ2n) is 4.20. The second-order valence-corrected chi connectivity index (χ2v) is 5.11. The first-order valence-electron chi connectivity index (χ1n) is 5.97. The van der Waals surface area contributed by atoms with Crippen molar-refractivity contribution in [1.29, 1.82) is 0 Å². The lowest BCUT2D eigenvalue weighted by Crippen LogP contribution is -2.20. The summed E-state index contributed by atoms with van der Waals surface area (Å²) in [5.74, 6) is -1.94. The number of nitrogens with one attached hydrogen (secondary N) is 1. The van der Waals surface area contributed by atoms with E-state index in [4.69, 9.17) is 4.42 Å². The average molecular weight is 360 g/mol. The molecular formula is C14H12BrF2NO3. The fraction of sp³-hybridized carbons (Fsp3) is 0.214. The molecule has 0 bridgehead atoms. The number of ether oxygens (including phenoxy) is 1. The van der Waals surface area contributed by atoms with Gasteiger partial charge < -0.3 is 14.5 Å². The Morgan fingerprint density at radius 1 is 1.33 bits per heavy atom. The predicted molar refractivity (Wildman–Crippen MR) is 75.0 cm³/mol. The minimum atomic E-state index is -0.864. The molecule has 21 heavy (non-hydrogen) atoms. The van der Waals surface area contributed by atoms with Gasteiger partial charge in [-0.2, -0.15) is 0 Å². The molecule has 0 spiro atoms. The van der Waals surface area contributed by atoms with Gasteiger partial charge in [0.25, 0.3) is 0 Å². The highest BCUT2D eigenvalue weighted by molar-refractivity contribution is 9.10. The number of methoxy groups -OCH3 is 1. The van der Waals surface area contributed by atoms with Crippen LogP contribution in [-0.4, -0.2) is 20.1 Å². The van der Waals surface area contributed by atoms with Crippen LogP contribution in [0.15, 0.2) is 33.2 Å². The number of benzene rings is 1. The van der Waals surface area contributed by atoms with Gasteiger partial charge >= 0.3 is 5.97 Å². The molecular weight excluding hydrogens is 348 g/mol. The Morgan fingerprint density at radius 2 is 1.95 bits per heavy atom. The molecule has 7 heteroatoms. The molecule has 0 saturated heterocycles. The number of rotatable bonds is 4. The molecule has 2 rings (SSSR count). The first-order chi connectivity index (χ1) is 9.97. The lowest BCUT2D eigenvalue weighted by atomic mass is 10.0. The molecule has 1 N–H and O–H groups in total. The topological polar surface area (TPSA) is 51.5 Å². The van der Waals surface area contributed by atoms with Crippen LogP contribution in [0.1, 0.15) is 27.9 Å². The highest BCUT2D eigenvalue weighted by Gasteiger charge is 2.25. The van der Waals surface area contributed by atoms with Gasteiger partial charge in [0.2, 0.25) is 5.76 Å². The van der Waals surface area contributed by atoms with Crippen LogP contribution in [0.25, 0.3) is 0 Å². The van der Waals surface area contributed by atoms with Crippen LogP contribution in [0.5, 0.6) is 0 Å². The molecule has 0 saturated carbocycles. The van der Waals surface area contributed by atoms with Crippen LogP contribution in [0.2, 0.25) is 0 Å². The maximum atomic E-state index is 14.0. The van der Waals surface area contributed by atoms with E-state index in [1.54, 1.807) is 0 Å². The van der Waals surface area contributed by atoms with Crippen molar-refractivity contribution in [1.82, 2.24) is 5.32 Å². The van der Waals surface area contributed by atoms with E-state index in [9.17, 15) is 13.6 Å². The number of hydrogen-bond donors (Lipinski definition) is 1. The van der Waals surface area contributed by atoms with Gasteiger partial charge in [-0.15, -0.1) is 0 Å². The largest absolute Gasteiger partial charge is 0.463 e. The summed E-state index contributed by atoms with van der Waals surface area (Å²) in [7, 11) is 2.75. The lowest BCUT2D eigenvalue weighted by molar-refractivity contribution is 0.0562. The highest BCUT2D eigenvalue weighted by atomic mass is 79.9. The second kappa shape index (κ2) is 6.36. The van der Waals surface area contributed by atoms with E-state index in [0.717, 1.165) is 12.1 Å². The molecule has 2 aromatic rings. The third kappa shape index (κ3) is 3.14. The third-order valence-corrected chi connectivity index (χ3v) is 3.38. The summed E-state index contributed by atoms with van der Waals surface area (Å²) in [6.45, 7) is 0. The quantitative estimate of drug-likeness (QED) is 0.849. The summed E-state index contributed by atoms with van der Waals surface area (Å²) in [4.78, 5) is 11.4. The Kier molecular flexibility index (Phi) is 4.74.